The highest BCUT2D eigenvalue weighted by Crippen LogP contribution is 2.39. The predicted octanol–water partition coefficient (Wildman–Crippen LogP) is 4.43. The molecule has 3 aromatic rings. The third-order valence-electron chi connectivity index (χ3n) is 8.02. The molecule has 3 atom stereocenters. The molecule has 266 valence electrons. The number of aromatic amines is 1. The maximum absolute atomic E-state index is 13.4. The van der Waals surface area contributed by atoms with Crippen LogP contribution in [-0.4, -0.2) is 63.6 Å². The number of carbonyl (C=O) groups excluding carboxylic acids is 4. The number of fused-ring (bicyclic) bond motifs is 2. The molecular weight excluding hydrogens is 638 g/mol. The first-order valence-corrected chi connectivity index (χ1v) is 16.7. The molecule has 1 aliphatic rings. The first-order chi connectivity index (χ1) is 23.3. The number of amides is 2. The van der Waals surface area contributed by atoms with Crippen LogP contribution in [0.5, 0.6) is 0 Å². The van der Waals surface area contributed by atoms with Gasteiger partial charge in [0, 0.05) is 17.7 Å². The van der Waals surface area contributed by atoms with Crippen molar-refractivity contribution in [3.8, 4) is 12.3 Å². The Labute approximate surface area is 292 Å². The second-order valence-corrected chi connectivity index (χ2v) is 14.6. The fourth-order valence-electron chi connectivity index (χ4n) is 5.85. The number of hydrogen-bond donors (Lipinski definition) is 3. The van der Waals surface area contributed by atoms with Gasteiger partial charge in [0.15, 0.2) is 0 Å². The highest BCUT2D eigenvalue weighted by molar-refractivity contribution is 5.97. The lowest BCUT2D eigenvalue weighted by atomic mass is 10.0. The number of anilines is 1. The zero-order valence-electron chi connectivity index (χ0n) is 30.1. The zero-order chi connectivity index (χ0) is 37.0. The fraction of sp³-hybridized carbons (Fsp3) is 0.474. The van der Waals surface area contributed by atoms with Crippen LogP contribution in [0.3, 0.4) is 0 Å². The van der Waals surface area contributed by atoms with Crippen LogP contribution in [0.4, 0.5) is 5.69 Å². The highest BCUT2D eigenvalue weighted by atomic mass is 16.6. The van der Waals surface area contributed by atoms with Gasteiger partial charge in [-0.25, -0.2) is 14.6 Å². The van der Waals surface area contributed by atoms with Gasteiger partial charge in [0.2, 0.25) is 5.91 Å². The summed E-state index contributed by atoms with van der Waals surface area (Å²) in [5.41, 5.74) is 2.12. The highest BCUT2D eigenvalue weighted by Gasteiger charge is 2.31. The topological polar surface area (TPSA) is 160 Å². The van der Waals surface area contributed by atoms with Crippen LogP contribution in [-0.2, 0) is 30.3 Å². The third-order valence-corrected chi connectivity index (χ3v) is 8.02. The van der Waals surface area contributed by atoms with Gasteiger partial charge < -0.3 is 30.0 Å². The van der Waals surface area contributed by atoms with E-state index in [1.165, 1.54) is 6.92 Å². The molecule has 2 aromatic carbocycles. The SMILES string of the molecule is C#CCN(c1ccc(C(=O)N[C@@H](CCC(=O)N[C@H](C)C(=O)OC(C)(C)C)C(=O)OC(C)(C)C)cc1)C1CCc2cc3nc(C)[nH]c(=O)c3cc21. The minimum Gasteiger partial charge on any atom is -0.458 e. The van der Waals surface area contributed by atoms with E-state index < -0.39 is 47.0 Å². The number of esters is 2. The molecule has 0 saturated carbocycles. The van der Waals surface area contributed by atoms with E-state index >= 15 is 0 Å². The first-order valence-electron chi connectivity index (χ1n) is 16.7. The quantitative estimate of drug-likeness (QED) is 0.196. The molecule has 1 aromatic heterocycles. The molecule has 4 rings (SSSR count). The summed E-state index contributed by atoms with van der Waals surface area (Å²) in [4.78, 5) is 73.6. The molecule has 2 amide bonds. The van der Waals surface area contributed by atoms with Crippen LogP contribution < -0.4 is 21.1 Å². The van der Waals surface area contributed by atoms with E-state index in [9.17, 15) is 24.0 Å². The molecule has 0 aliphatic heterocycles. The van der Waals surface area contributed by atoms with Gasteiger partial charge >= 0.3 is 11.9 Å². The van der Waals surface area contributed by atoms with Gasteiger partial charge in [-0.15, -0.1) is 6.42 Å². The standard InChI is InChI=1S/C38H47N5O7/c1-10-19-43(31-17-13-25-20-30-28(21-27(25)31)34(46)41-23(3)40-30)26-14-11-24(12-15-26)33(45)42-29(36(48)50-38(7,8)9)16-18-32(44)39-22(2)35(47)49-37(4,5)6/h1,11-12,14-15,20-22,29,31H,13,16-19H2,2-9H3,(H,39,44)(H,42,45)(H,40,41,46)/t22-,29+,31?/m1/s1. The maximum atomic E-state index is 13.4. The maximum Gasteiger partial charge on any atom is 0.329 e. The Morgan fingerprint density at radius 1 is 1.02 bits per heavy atom. The van der Waals surface area contributed by atoms with Crippen molar-refractivity contribution in [1.29, 1.82) is 0 Å². The molecule has 0 saturated heterocycles. The number of H-pyrrole nitrogens is 1. The number of aryl methyl sites for hydroxylation is 2. The Morgan fingerprint density at radius 2 is 1.66 bits per heavy atom. The Balaban J connectivity index is 1.48. The van der Waals surface area contributed by atoms with Crippen LogP contribution in [0.25, 0.3) is 10.9 Å². The molecule has 12 heteroatoms. The van der Waals surface area contributed by atoms with E-state index in [4.69, 9.17) is 15.9 Å². The number of benzene rings is 2. The van der Waals surface area contributed by atoms with Gasteiger partial charge in [-0.05, 0) is 122 Å². The van der Waals surface area contributed by atoms with Crippen LogP contribution in [0.2, 0.25) is 0 Å². The summed E-state index contributed by atoms with van der Waals surface area (Å²) in [7, 11) is 0. The summed E-state index contributed by atoms with van der Waals surface area (Å²) >= 11 is 0. The summed E-state index contributed by atoms with van der Waals surface area (Å²) in [5.74, 6) is 1.01. The third kappa shape index (κ3) is 9.71. The van der Waals surface area contributed by atoms with Gasteiger partial charge in [0.25, 0.3) is 11.5 Å². The normalized spacial score (nSPS) is 15.3. The van der Waals surface area contributed by atoms with Gasteiger partial charge in [0.05, 0.1) is 23.5 Å². The minimum atomic E-state index is -1.13. The van der Waals surface area contributed by atoms with Gasteiger partial charge in [0.1, 0.15) is 29.1 Å². The summed E-state index contributed by atoms with van der Waals surface area (Å²) in [6.45, 7) is 13.9. The lowest BCUT2D eigenvalue weighted by Crippen LogP contribution is -2.46. The average Bonchev–Trinajstić information content (AvgIpc) is 3.41. The molecular formula is C38H47N5O7. The first kappa shape index (κ1) is 37.6. The van der Waals surface area contributed by atoms with Crippen molar-refractivity contribution in [2.45, 2.75) is 110 Å². The van der Waals surface area contributed by atoms with Crippen molar-refractivity contribution < 1.29 is 28.7 Å². The summed E-state index contributed by atoms with van der Waals surface area (Å²) in [5, 5.41) is 5.82. The van der Waals surface area contributed by atoms with Crippen molar-refractivity contribution in [2.24, 2.45) is 0 Å². The lowest BCUT2D eigenvalue weighted by molar-refractivity contribution is -0.159. The van der Waals surface area contributed by atoms with Gasteiger partial charge in [-0.1, -0.05) is 5.92 Å². The van der Waals surface area contributed by atoms with Gasteiger partial charge in [-0.3, -0.25) is 14.4 Å². The number of carbonyl (C=O) groups is 4. The lowest BCUT2D eigenvalue weighted by Gasteiger charge is -2.30. The smallest absolute Gasteiger partial charge is 0.329 e. The Morgan fingerprint density at radius 3 is 2.28 bits per heavy atom. The second kappa shape index (κ2) is 15.2. The van der Waals surface area contributed by atoms with Crippen molar-refractivity contribution in [3.05, 3.63) is 69.3 Å². The van der Waals surface area contributed by atoms with E-state index in [0.717, 1.165) is 29.7 Å². The average molecular weight is 686 g/mol. The van der Waals surface area contributed by atoms with Crippen molar-refractivity contribution in [1.82, 2.24) is 20.6 Å². The van der Waals surface area contributed by atoms with Crippen LogP contribution in [0.15, 0.2) is 41.2 Å². The fourth-order valence-corrected chi connectivity index (χ4v) is 5.85. The Kier molecular flexibility index (Phi) is 11.4. The van der Waals surface area contributed by atoms with Crippen LogP contribution in [0.1, 0.15) is 101 Å². The monoisotopic (exact) mass is 685 g/mol. The molecule has 0 bridgehead atoms. The largest absolute Gasteiger partial charge is 0.458 e. The van der Waals surface area contributed by atoms with Crippen LogP contribution in [0, 0.1) is 19.3 Å². The number of nitrogens with zero attached hydrogens (tertiary/aromatic N) is 2. The van der Waals surface area contributed by atoms with Gasteiger partial charge in [-0.2, -0.15) is 0 Å². The number of rotatable bonds is 11. The summed E-state index contributed by atoms with van der Waals surface area (Å²) in [6.07, 6.45) is 7.16. The molecule has 12 nitrogen and oxygen atoms in total. The number of aromatic nitrogens is 2. The molecule has 50 heavy (non-hydrogen) atoms. The van der Waals surface area contributed by atoms with Crippen molar-refractivity contribution in [3.63, 3.8) is 0 Å². The minimum absolute atomic E-state index is 0.0603. The van der Waals surface area contributed by atoms with E-state index in [-0.39, 0.29) is 30.0 Å². The molecule has 0 spiro atoms. The summed E-state index contributed by atoms with van der Waals surface area (Å²) < 4.78 is 10.8. The summed E-state index contributed by atoms with van der Waals surface area (Å²) in [6, 6.07) is 8.61. The van der Waals surface area contributed by atoms with Crippen molar-refractivity contribution >= 4 is 40.3 Å². The Hall–Kier alpha value is -5.18. The molecule has 1 aliphatic carbocycles. The predicted molar refractivity (Wildman–Crippen MR) is 191 cm³/mol. The second-order valence-electron chi connectivity index (χ2n) is 14.6. The zero-order valence-corrected chi connectivity index (χ0v) is 30.1. The van der Waals surface area contributed by atoms with Crippen molar-refractivity contribution in [2.75, 3.05) is 11.4 Å². The molecule has 1 unspecified atom stereocenters. The molecule has 3 N–H and O–H groups in total. The molecule has 0 fully saturated rings. The van der Waals surface area contributed by atoms with E-state index in [2.05, 4.69) is 31.4 Å². The van der Waals surface area contributed by atoms with Crippen LogP contribution >= 0.6 is 0 Å². The van der Waals surface area contributed by atoms with E-state index in [0.29, 0.717) is 23.3 Å². The molecule has 0 radical (unpaired) electrons. The Bertz CT molecular complexity index is 1860. The number of terminal acetylenes is 1. The van der Waals surface area contributed by atoms with E-state index in [1.54, 1.807) is 72.7 Å². The number of nitrogens with one attached hydrogen (secondary N) is 3. The number of hydrogen-bond acceptors (Lipinski definition) is 9. The number of ether oxygens (including phenoxy) is 2. The van der Waals surface area contributed by atoms with E-state index in [1.807, 2.05) is 12.1 Å². The molecule has 1 heterocycles.